The van der Waals surface area contributed by atoms with Gasteiger partial charge in [-0.25, -0.2) is 0 Å². The van der Waals surface area contributed by atoms with Crippen LogP contribution in [0.5, 0.6) is 0 Å². The van der Waals surface area contributed by atoms with E-state index in [9.17, 15) is 4.79 Å². The van der Waals surface area contributed by atoms with Crippen LogP contribution in [0.3, 0.4) is 0 Å². The number of nitrogens with zero attached hydrogens (tertiary/aromatic N) is 1. The molecule has 1 unspecified atom stereocenters. The monoisotopic (exact) mass is 325 g/mol. The third kappa shape index (κ3) is 6.17. The average Bonchev–Trinajstić information content (AvgIpc) is 3.05. The van der Waals surface area contributed by atoms with Crippen molar-refractivity contribution in [3.05, 3.63) is 0 Å². The predicted octanol–water partition coefficient (Wildman–Crippen LogP) is 1.80. The van der Waals surface area contributed by atoms with Crippen LogP contribution in [0.1, 0.15) is 39.5 Å². The summed E-state index contributed by atoms with van der Waals surface area (Å²) in [7, 11) is 0. The van der Waals surface area contributed by atoms with Gasteiger partial charge in [-0.15, -0.1) is 24.8 Å². The van der Waals surface area contributed by atoms with Crippen molar-refractivity contribution in [1.29, 1.82) is 0 Å². The van der Waals surface area contributed by atoms with Crippen molar-refractivity contribution in [3.63, 3.8) is 0 Å². The number of nitrogens with one attached hydrogen (secondary N) is 1. The van der Waals surface area contributed by atoms with Crippen LogP contribution in [-0.4, -0.2) is 42.5 Å². The molecule has 6 heteroatoms. The van der Waals surface area contributed by atoms with Crippen LogP contribution in [0.2, 0.25) is 0 Å². The quantitative estimate of drug-likeness (QED) is 0.783. The number of carbonyl (C=O) groups excluding carboxylic acids is 1. The molecule has 20 heavy (non-hydrogen) atoms. The summed E-state index contributed by atoms with van der Waals surface area (Å²) in [6, 6.07) is 0.514. The van der Waals surface area contributed by atoms with Crippen molar-refractivity contribution < 1.29 is 4.79 Å². The van der Waals surface area contributed by atoms with Gasteiger partial charge in [-0.1, -0.05) is 13.8 Å². The number of halogens is 2. The van der Waals surface area contributed by atoms with E-state index >= 15 is 0 Å². The average molecular weight is 326 g/mol. The summed E-state index contributed by atoms with van der Waals surface area (Å²) in [5.41, 5.74) is 5.87. The summed E-state index contributed by atoms with van der Waals surface area (Å²) in [6.45, 7) is 7.36. The summed E-state index contributed by atoms with van der Waals surface area (Å²) in [6.07, 6.45) is 4.73. The molecule has 2 rings (SSSR count). The Hall–Kier alpha value is -0.0300. The van der Waals surface area contributed by atoms with E-state index in [0.717, 1.165) is 25.6 Å². The summed E-state index contributed by atoms with van der Waals surface area (Å²) in [5.74, 6) is 1.12. The summed E-state index contributed by atoms with van der Waals surface area (Å²) in [4.78, 5) is 14.4. The molecule has 0 spiro atoms. The van der Waals surface area contributed by atoms with Crippen LogP contribution in [0.25, 0.3) is 0 Å². The van der Waals surface area contributed by atoms with Gasteiger partial charge in [0.25, 0.3) is 0 Å². The molecule has 0 aromatic heterocycles. The van der Waals surface area contributed by atoms with Crippen LogP contribution in [-0.2, 0) is 4.79 Å². The molecular weight excluding hydrogens is 297 g/mol. The van der Waals surface area contributed by atoms with Crippen LogP contribution >= 0.6 is 24.8 Å². The Morgan fingerprint density at radius 1 is 1.30 bits per heavy atom. The number of carbonyl (C=O) groups is 1. The number of amides is 1. The van der Waals surface area contributed by atoms with E-state index in [0.29, 0.717) is 11.8 Å². The van der Waals surface area contributed by atoms with Gasteiger partial charge in [-0.2, -0.15) is 0 Å². The van der Waals surface area contributed by atoms with E-state index in [4.69, 9.17) is 5.73 Å². The molecule has 1 aliphatic carbocycles. The minimum absolute atomic E-state index is 0. The van der Waals surface area contributed by atoms with Crippen molar-refractivity contribution in [3.8, 4) is 0 Å². The van der Waals surface area contributed by atoms with Gasteiger partial charge < -0.3 is 16.0 Å². The standard InChI is InChI=1S/C14H27N3O.2ClH/c1-10(2)7-13(15)14(18)16-8-11-5-6-17(9-11)12-3-4-12;;/h10-13H,3-9,15H2,1-2H3,(H,16,18);2*1H/t11?,13-;;/m0../s1. The molecular formula is C14H29Cl2N3O. The molecule has 2 aliphatic rings. The molecule has 3 N–H and O–H groups in total. The molecule has 0 bridgehead atoms. The van der Waals surface area contributed by atoms with Crippen LogP contribution < -0.4 is 11.1 Å². The fourth-order valence-electron chi connectivity index (χ4n) is 2.79. The normalized spacial score (nSPS) is 23.9. The molecule has 1 heterocycles. The Morgan fingerprint density at radius 3 is 2.50 bits per heavy atom. The third-order valence-electron chi connectivity index (χ3n) is 4.01. The lowest BCUT2D eigenvalue weighted by Crippen LogP contribution is -2.43. The highest BCUT2D eigenvalue weighted by molar-refractivity contribution is 5.85. The molecule has 4 nitrogen and oxygen atoms in total. The second kappa shape index (κ2) is 9.08. The highest BCUT2D eigenvalue weighted by atomic mass is 35.5. The number of nitrogens with two attached hydrogens (primary N) is 1. The summed E-state index contributed by atoms with van der Waals surface area (Å²) < 4.78 is 0. The Balaban J connectivity index is 0.00000180. The van der Waals surface area contributed by atoms with Gasteiger partial charge >= 0.3 is 0 Å². The number of rotatable bonds is 6. The first-order valence-electron chi connectivity index (χ1n) is 7.33. The Kier molecular flexibility index (Phi) is 9.07. The lowest BCUT2D eigenvalue weighted by molar-refractivity contribution is -0.122. The lowest BCUT2D eigenvalue weighted by Gasteiger charge is -2.17. The van der Waals surface area contributed by atoms with Crippen LogP contribution in [0.4, 0.5) is 0 Å². The van der Waals surface area contributed by atoms with Crippen LogP contribution in [0.15, 0.2) is 0 Å². The molecule has 2 fully saturated rings. The summed E-state index contributed by atoms with van der Waals surface area (Å²) >= 11 is 0. The third-order valence-corrected chi connectivity index (χ3v) is 4.01. The van der Waals surface area contributed by atoms with Gasteiger partial charge in [0.15, 0.2) is 0 Å². The lowest BCUT2D eigenvalue weighted by atomic mass is 10.0. The predicted molar refractivity (Wildman–Crippen MR) is 87.6 cm³/mol. The van der Waals surface area contributed by atoms with Gasteiger partial charge in [0, 0.05) is 19.1 Å². The van der Waals surface area contributed by atoms with Crippen LogP contribution in [0, 0.1) is 11.8 Å². The zero-order valence-corrected chi connectivity index (χ0v) is 14.1. The van der Waals surface area contributed by atoms with Crippen molar-refractivity contribution in [2.24, 2.45) is 17.6 Å². The second-order valence-electron chi connectivity index (χ2n) is 6.36. The molecule has 0 aromatic carbocycles. The highest BCUT2D eigenvalue weighted by Crippen LogP contribution is 2.31. The zero-order valence-electron chi connectivity index (χ0n) is 12.5. The maximum atomic E-state index is 11.8. The van der Waals surface area contributed by atoms with Gasteiger partial charge in [-0.05, 0) is 44.1 Å². The minimum Gasteiger partial charge on any atom is -0.354 e. The topological polar surface area (TPSA) is 58.4 Å². The van der Waals surface area contributed by atoms with Crippen molar-refractivity contribution in [2.45, 2.75) is 51.6 Å². The van der Waals surface area contributed by atoms with Gasteiger partial charge in [0.2, 0.25) is 5.91 Å². The first kappa shape index (κ1) is 20.0. The van der Waals surface area contributed by atoms with Crippen molar-refractivity contribution >= 4 is 30.7 Å². The molecule has 120 valence electrons. The van der Waals surface area contributed by atoms with E-state index in [-0.39, 0.29) is 36.8 Å². The molecule has 1 saturated carbocycles. The highest BCUT2D eigenvalue weighted by Gasteiger charge is 2.34. The fraction of sp³-hybridized carbons (Fsp3) is 0.929. The van der Waals surface area contributed by atoms with E-state index in [1.807, 2.05) is 0 Å². The molecule has 0 aromatic rings. The van der Waals surface area contributed by atoms with Gasteiger partial charge in [0.05, 0.1) is 6.04 Å². The van der Waals surface area contributed by atoms with Gasteiger partial charge in [-0.3, -0.25) is 4.79 Å². The SMILES string of the molecule is CC(C)C[C@H](N)C(=O)NCC1CCN(C2CC2)C1.Cl.Cl. The summed E-state index contributed by atoms with van der Waals surface area (Å²) in [5, 5.41) is 3.02. The number of likely N-dealkylation sites (tertiary alicyclic amines) is 1. The van der Waals surface area contributed by atoms with E-state index in [2.05, 4.69) is 24.1 Å². The molecule has 1 amide bonds. The largest absolute Gasteiger partial charge is 0.354 e. The Labute approximate surface area is 135 Å². The van der Waals surface area contributed by atoms with Crippen molar-refractivity contribution in [1.82, 2.24) is 10.2 Å². The molecule has 2 atom stereocenters. The van der Waals surface area contributed by atoms with Crippen molar-refractivity contribution in [2.75, 3.05) is 19.6 Å². The minimum atomic E-state index is -0.342. The maximum Gasteiger partial charge on any atom is 0.236 e. The Morgan fingerprint density at radius 2 is 1.95 bits per heavy atom. The molecule has 0 radical (unpaired) electrons. The number of hydrogen-bond acceptors (Lipinski definition) is 3. The maximum absolute atomic E-state index is 11.8. The molecule has 1 aliphatic heterocycles. The fourth-order valence-corrected chi connectivity index (χ4v) is 2.79. The zero-order chi connectivity index (χ0) is 13.1. The first-order chi connectivity index (χ1) is 8.56. The second-order valence-corrected chi connectivity index (χ2v) is 6.36. The number of hydrogen-bond donors (Lipinski definition) is 2. The first-order valence-corrected chi connectivity index (χ1v) is 7.33. The molecule has 1 saturated heterocycles. The smallest absolute Gasteiger partial charge is 0.236 e. The van der Waals surface area contributed by atoms with Gasteiger partial charge in [0.1, 0.15) is 0 Å². The van der Waals surface area contributed by atoms with E-state index in [1.54, 1.807) is 0 Å². The van der Waals surface area contributed by atoms with E-state index in [1.165, 1.54) is 25.8 Å². The Bertz CT molecular complexity index is 298. The van der Waals surface area contributed by atoms with E-state index < -0.39 is 0 Å².